The molecule has 1 aliphatic rings. The van der Waals surface area contributed by atoms with Crippen LogP contribution in [-0.4, -0.2) is 64.7 Å². The highest BCUT2D eigenvalue weighted by atomic mass is 32.2. The van der Waals surface area contributed by atoms with Crippen LogP contribution in [0.3, 0.4) is 0 Å². The van der Waals surface area contributed by atoms with Crippen LogP contribution >= 0.6 is 0 Å². The van der Waals surface area contributed by atoms with Crippen LogP contribution in [-0.2, 0) is 16.4 Å². The Labute approximate surface area is 188 Å². The molecule has 1 aliphatic heterocycles. The number of nitrogens with zero attached hydrogens (tertiary/aromatic N) is 1. The molecule has 1 atom stereocenters. The van der Waals surface area contributed by atoms with E-state index in [-0.39, 0.29) is 24.0 Å². The summed E-state index contributed by atoms with van der Waals surface area (Å²) in [6, 6.07) is 10.0. The summed E-state index contributed by atoms with van der Waals surface area (Å²) in [7, 11) is 1.37. The lowest BCUT2D eigenvalue weighted by Crippen LogP contribution is -2.40. The van der Waals surface area contributed by atoms with Crippen molar-refractivity contribution in [2.75, 3.05) is 39.4 Å². The molecule has 1 heterocycles. The average Bonchev–Trinajstić information content (AvgIpc) is 3.15. The Morgan fingerprint density at radius 3 is 2.28 bits per heavy atom. The first kappa shape index (κ1) is 23.7. The van der Waals surface area contributed by atoms with Gasteiger partial charge in [-0.1, -0.05) is 6.07 Å². The second-order valence-corrected chi connectivity index (χ2v) is 9.71. The SMILES string of the molecule is CCOc1cccc(C(=O)N(Cc2cc(OC)c(OC)c(OC)c2)C2CCS(=O)(=O)C2)c1. The molecule has 1 amide bonds. The van der Waals surface area contributed by atoms with E-state index in [1.54, 1.807) is 41.3 Å². The lowest BCUT2D eigenvalue weighted by atomic mass is 10.1. The van der Waals surface area contributed by atoms with E-state index >= 15 is 0 Å². The number of amides is 1. The molecular formula is C23H29NO7S. The Bertz CT molecular complexity index is 1040. The molecule has 1 fully saturated rings. The number of rotatable bonds is 9. The predicted molar refractivity (Wildman–Crippen MR) is 121 cm³/mol. The number of ether oxygens (including phenoxy) is 4. The summed E-state index contributed by atoms with van der Waals surface area (Å²) in [4.78, 5) is 15.1. The standard InChI is InChI=1S/C23H29NO7S/c1-5-31-19-8-6-7-17(13-19)23(25)24(18-9-10-32(26,27)15-18)14-16-11-20(28-2)22(30-4)21(12-16)29-3/h6-8,11-13,18H,5,9-10,14-15H2,1-4H3. The maximum absolute atomic E-state index is 13.5. The van der Waals surface area contributed by atoms with Crippen molar-refractivity contribution in [2.24, 2.45) is 0 Å². The van der Waals surface area contributed by atoms with E-state index in [1.807, 2.05) is 6.92 Å². The van der Waals surface area contributed by atoms with E-state index in [0.29, 0.717) is 41.6 Å². The fourth-order valence-electron chi connectivity index (χ4n) is 3.86. The van der Waals surface area contributed by atoms with Crippen LogP contribution in [0.1, 0.15) is 29.3 Å². The second-order valence-electron chi connectivity index (χ2n) is 7.48. The van der Waals surface area contributed by atoms with Crippen LogP contribution < -0.4 is 18.9 Å². The lowest BCUT2D eigenvalue weighted by molar-refractivity contribution is 0.0680. The van der Waals surface area contributed by atoms with Crippen molar-refractivity contribution >= 4 is 15.7 Å². The van der Waals surface area contributed by atoms with E-state index in [9.17, 15) is 13.2 Å². The minimum absolute atomic E-state index is 0.0612. The monoisotopic (exact) mass is 463 g/mol. The lowest BCUT2D eigenvalue weighted by Gasteiger charge is -2.29. The van der Waals surface area contributed by atoms with Crippen LogP contribution in [0.5, 0.6) is 23.0 Å². The van der Waals surface area contributed by atoms with Crippen LogP contribution in [0.4, 0.5) is 0 Å². The number of benzene rings is 2. The molecule has 0 aliphatic carbocycles. The number of carbonyl (C=O) groups is 1. The van der Waals surface area contributed by atoms with E-state index in [2.05, 4.69) is 0 Å². The number of carbonyl (C=O) groups excluding carboxylic acids is 1. The fourth-order valence-corrected chi connectivity index (χ4v) is 5.59. The molecule has 2 aromatic carbocycles. The molecule has 3 rings (SSSR count). The number of sulfone groups is 1. The van der Waals surface area contributed by atoms with Crippen molar-refractivity contribution in [3.8, 4) is 23.0 Å². The minimum atomic E-state index is -3.19. The molecule has 2 aromatic rings. The Balaban J connectivity index is 1.99. The summed E-state index contributed by atoms with van der Waals surface area (Å²) >= 11 is 0. The molecule has 1 saturated heterocycles. The van der Waals surface area contributed by atoms with Gasteiger partial charge in [-0.15, -0.1) is 0 Å². The van der Waals surface area contributed by atoms with Crippen molar-refractivity contribution < 1.29 is 32.2 Å². The summed E-state index contributed by atoms with van der Waals surface area (Å²) in [5.41, 5.74) is 1.17. The van der Waals surface area contributed by atoms with Crippen molar-refractivity contribution in [1.29, 1.82) is 0 Å². The number of hydrogen-bond donors (Lipinski definition) is 0. The van der Waals surface area contributed by atoms with Gasteiger partial charge in [-0.05, 0) is 49.2 Å². The zero-order chi connectivity index (χ0) is 23.3. The predicted octanol–water partition coefficient (Wildman–Crippen LogP) is 2.94. The second kappa shape index (κ2) is 10.1. The molecule has 0 bridgehead atoms. The summed E-state index contributed by atoms with van der Waals surface area (Å²) < 4.78 is 46.1. The van der Waals surface area contributed by atoms with Crippen molar-refractivity contribution in [3.05, 3.63) is 47.5 Å². The van der Waals surface area contributed by atoms with Crippen LogP contribution in [0.25, 0.3) is 0 Å². The molecule has 0 saturated carbocycles. The maximum atomic E-state index is 13.5. The molecule has 8 nitrogen and oxygen atoms in total. The van der Waals surface area contributed by atoms with Crippen molar-refractivity contribution in [1.82, 2.24) is 4.90 Å². The van der Waals surface area contributed by atoms with Gasteiger partial charge in [0, 0.05) is 18.2 Å². The summed E-state index contributed by atoms with van der Waals surface area (Å²) in [5, 5.41) is 0. The van der Waals surface area contributed by atoms with E-state index in [1.165, 1.54) is 21.3 Å². The Morgan fingerprint density at radius 1 is 1.06 bits per heavy atom. The average molecular weight is 464 g/mol. The van der Waals surface area contributed by atoms with Gasteiger partial charge in [-0.25, -0.2) is 8.42 Å². The molecule has 1 unspecified atom stereocenters. The van der Waals surface area contributed by atoms with Gasteiger partial charge in [0.05, 0.1) is 39.4 Å². The van der Waals surface area contributed by atoms with Gasteiger partial charge in [0.15, 0.2) is 21.3 Å². The third kappa shape index (κ3) is 5.27. The van der Waals surface area contributed by atoms with Gasteiger partial charge in [-0.3, -0.25) is 4.79 Å². The van der Waals surface area contributed by atoms with Crippen molar-refractivity contribution in [3.63, 3.8) is 0 Å². The zero-order valence-electron chi connectivity index (χ0n) is 18.8. The Hall–Kier alpha value is -2.94. The largest absolute Gasteiger partial charge is 0.494 e. The molecular weight excluding hydrogens is 434 g/mol. The zero-order valence-corrected chi connectivity index (χ0v) is 19.6. The molecule has 0 spiro atoms. The smallest absolute Gasteiger partial charge is 0.254 e. The highest BCUT2D eigenvalue weighted by Crippen LogP contribution is 2.39. The first-order valence-corrected chi connectivity index (χ1v) is 12.2. The van der Waals surface area contributed by atoms with Gasteiger partial charge in [0.1, 0.15) is 5.75 Å². The fraction of sp³-hybridized carbons (Fsp3) is 0.435. The van der Waals surface area contributed by atoms with Gasteiger partial charge in [0.2, 0.25) is 5.75 Å². The van der Waals surface area contributed by atoms with Gasteiger partial charge >= 0.3 is 0 Å². The topological polar surface area (TPSA) is 91.4 Å². The van der Waals surface area contributed by atoms with Crippen LogP contribution in [0, 0.1) is 0 Å². The molecule has 0 N–H and O–H groups in total. The first-order valence-electron chi connectivity index (χ1n) is 10.3. The molecule has 0 aromatic heterocycles. The Morgan fingerprint density at radius 2 is 1.75 bits per heavy atom. The van der Waals surface area contributed by atoms with Crippen molar-refractivity contribution in [2.45, 2.75) is 25.9 Å². The molecule has 174 valence electrons. The number of hydrogen-bond acceptors (Lipinski definition) is 7. The maximum Gasteiger partial charge on any atom is 0.254 e. The third-order valence-corrected chi connectivity index (χ3v) is 7.13. The van der Waals surface area contributed by atoms with Crippen LogP contribution in [0.15, 0.2) is 36.4 Å². The minimum Gasteiger partial charge on any atom is -0.494 e. The molecule has 9 heteroatoms. The van der Waals surface area contributed by atoms with Gasteiger partial charge in [0.25, 0.3) is 5.91 Å². The highest BCUT2D eigenvalue weighted by Gasteiger charge is 2.35. The molecule has 0 radical (unpaired) electrons. The van der Waals surface area contributed by atoms with E-state index in [0.717, 1.165) is 5.56 Å². The first-order chi connectivity index (χ1) is 15.3. The molecule has 32 heavy (non-hydrogen) atoms. The van der Waals surface area contributed by atoms with E-state index in [4.69, 9.17) is 18.9 Å². The summed E-state index contributed by atoms with van der Waals surface area (Å²) in [6.07, 6.45) is 0.393. The third-order valence-electron chi connectivity index (χ3n) is 5.38. The normalized spacial score (nSPS) is 16.9. The quantitative estimate of drug-likeness (QED) is 0.565. The van der Waals surface area contributed by atoms with Gasteiger partial charge < -0.3 is 23.8 Å². The van der Waals surface area contributed by atoms with Crippen LogP contribution in [0.2, 0.25) is 0 Å². The highest BCUT2D eigenvalue weighted by molar-refractivity contribution is 7.91. The summed E-state index contributed by atoms with van der Waals surface area (Å²) in [6.45, 7) is 2.54. The Kier molecular flexibility index (Phi) is 7.50. The summed E-state index contributed by atoms with van der Waals surface area (Å²) in [5.74, 6) is 1.71. The van der Waals surface area contributed by atoms with E-state index < -0.39 is 15.9 Å². The van der Waals surface area contributed by atoms with Gasteiger partial charge in [-0.2, -0.15) is 0 Å². The number of methoxy groups -OCH3 is 3.